The van der Waals surface area contributed by atoms with Crippen LogP contribution in [-0.4, -0.2) is 51.7 Å². The number of nitrogens with zero attached hydrogens (tertiary/aromatic N) is 5. The topological polar surface area (TPSA) is 75.9 Å². The largest absolute Gasteiger partial charge is 0.345 e. The van der Waals surface area contributed by atoms with E-state index in [-0.39, 0.29) is 17.8 Å². The SMILES string of the molecule is CN(C)CCC(NC(=O)c1cccc(-n2cnnn2)c1)c1ccc(F)cc1. The normalized spacial score (nSPS) is 12.1. The smallest absolute Gasteiger partial charge is 0.251 e. The molecule has 140 valence electrons. The third-order valence-electron chi connectivity index (χ3n) is 4.16. The van der Waals surface area contributed by atoms with E-state index in [0.717, 1.165) is 12.1 Å². The summed E-state index contributed by atoms with van der Waals surface area (Å²) in [7, 11) is 3.94. The summed E-state index contributed by atoms with van der Waals surface area (Å²) in [6.45, 7) is 0.785. The first kappa shape index (κ1) is 18.7. The molecular weight excluding hydrogens is 347 g/mol. The number of tetrazole rings is 1. The van der Waals surface area contributed by atoms with Gasteiger partial charge in [-0.2, -0.15) is 0 Å². The zero-order valence-electron chi connectivity index (χ0n) is 15.2. The first-order chi connectivity index (χ1) is 13.0. The van der Waals surface area contributed by atoms with Crippen molar-refractivity contribution >= 4 is 5.91 Å². The summed E-state index contributed by atoms with van der Waals surface area (Å²) in [5.74, 6) is -0.511. The van der Waals surface area contributed by atoms with Crippen LogP contribution < -0.4 is 5.32 Å². The monoisotopic (exact) mass is 368 g/mol. The van der Waals surface area contributed by atoms with Crippen molar-refractivity contribution in [3.05, 3.63) is 71.8 Å². The molecule has 1 unspecified atom stereocenters. The number of hydrogen-bond acceptors (Lipinski definition) is 5. The van der Waals surface area contributed by atoms with Crippen LogP contribution in [0.4, 0.5) is 4.39 Å². The molecule has 1 atom stereocenters. The Labute approximate surface area is 156 Å². The van der Waals surface area contributed by atoms with E-state index >= 15 is 0 Å². The van der Waals surface area contributed by atoms with Gasteiger partial charge in [0.1, 0.15) is 12.1 Å². The Hall–Kier alpha value is -3.13. The Morgan fingerprint density at radius 1 is 1.22 bits per heavy atom. The van der Waals surface area contributed by atoms with Crippen molar-refractivity contribution in [2.45, 2.75) is 12.5 Å². The molecule has 1 N–H and O–H groups in total. The van der Waals surface area contributed by atoms with E-state index in [1.54, 1.807) is 30.3 Å². The molecule has 0 bridgehead atoms. The second-order valence-electron chi connectivity index (χ2n) is 6.47. The highest BCUT2D eigenvalue weighted by Gasteiger charge is 2.17. The van der Waals surface area contributed by atoms with E-state index in [1.165, 1.54) is 23.1 Å². The van der Waals surface area contributed by atoms with Gasteiger partial charge in [-0.25, -0.2) is 9.07 Å². The van der Waals surface area contributed by atoms with Gasteiger partial charge >= 0.3 is 0 Å². The molecular formula is C19H21FN6O. The lowest BCUT2D eigenvalue weighted by Gasteiger charge is -2.21. The maximum Gasteiger partial charge on any atom is 0.251 e. The minimum absolute atomic E-state index is 0.210. The van der Waals surface area contributed by atoms with Gasteiger partial charge in [0.25, 0.3) is 5.91 Å². The number of halogens is 1. The third kappa shape index (κ3) is 4.95. The van der Waals surface area contributed by atoms with Crippen molar-refractivity contribution in [2.24, 2.45) is 0 Å². The van der Waals surface area contributed by atoms with Crippen molar-refractivity contribution in [1.29, 1.82) is 0 Å². The highest BCUT2D eigenvalue weighted by molar-refractivity contribution is 5.95. The third-order valence-corrected chi connectivity index (χ3v) is 4.16. The maximum absolute atomic E-state index is 13.3. The van der Waals surface area contributed by atoms with Gasteiger partial charge < -0.3 is 10.2 Å². The molecule has 1 heterocycles. The number of carbonyl (C=O) groups is 1. The van der Waals surface area contributed by atoms with E-state index < -0.39 is 0 Å². The molecule has 3 rings (SSSR count). The molecule has 0 fully saturated rings. The Balaban J connectivity index is 1.79. The highest BCUT2D eigenvalue weighted by atomic mass is 19.1. The Morgan fingerprint density at radius 2 is 2.00 bits per heavy atom. The van der Waals surface area contributed by atoms with E-state index in [9.17, 15) is 9.18 Å². The minimum atomic E-state index is -0.300. The molecule has 3 aromatic rings. The molecule has 0 aliphatic heterocycles. The summed E-state index contributed by atoms with van der Waals surface area (Å²) in [5, 5.41) is 14.1. The first-order valence-electron chi connectivity index (χ1n) is 8.57. The summed E-state index contributed by atoms with van der Waals surface area (Å²) in [6.07, 6.45) is 2.17. The van der Waals surface area contributed by atoms with E-state index in [1.807, 2.05) is 25.1 Å². The van der Waals surface area contributed by atoms with Gasteiger partial charge in [0, 0.05) is 5.56 Å². The van der Waals surface area contributed by atoms with E-state index in [4.69, 9.17) is 0 Å². The number of carbonyl (C=O) groups excluding carboxylic acids is 1. The molecule has 0 saturated heterocycles. The van der Waals surface area contributed by atoms with Crippen LogP contribution in [0.15, 0.2) is 54.9 Å². The molecule has 7 nitrogen and oxygen atoms in total. The van der Waals surface area contributed by atoms with Crippen molar-refractivity contribution in [3.8, 4) is 5.69 Å². The van der Waals surface area contributed by atoms with Crippen LogP contribution in [0.1, 0.15) is 28.4 Å². The average Bonchev–Trinajstić information content (AvgIpc) is 3.20. The fourth-order valence-corrected chi connectivity index (χ4v) is 2.72. The lowest BCUT2D eigenvalue weighted by molar-refractivity contribution is 0.0932. The van der Waals surface area contributed by atoms with Gasteiger partial charge in [-0.3, -0.25) is 4.79 Å². The van der Waals surface area contributed by atoms with Crippen molar-refractivity contribution in [1.82, 2.24) is 30.4 Å². The molecule has 1 aromatic heterocycles. The van der Waals surface area contributed by atoms with Gasteiger partial charge in [0.05, 0.1) is 11.7 Å². The van der Waals surface area contributed by atoms with Crippen LogP contribution in [0.25, 0.3) is 5.69 Å². The molecule has 0 saturated carbocycles. The van der Waals surface area contributed by atoms with Crippen LogP contribution in [0.5, 0.6) is 0 Å². The minimum Gasteiger partial charge on any atom is -0.345 e. The summed E-state index contributed by atoms with van der Waals surface area (Å²) in [4.78, 5) is 14.8. The molecule has 0 aliphatic rings. The van der Waals surface area contributed by atoms with Crippen molar-refractivity contribution < 1.29 is 9.18 Å². The summed E-state index contributed by atoms with van der Waals surface area (Å²) >= 11 is 0. The van der Waals surface area contributed by atoms with Gasteiger partial charge in [-0.1, -0.05) is 18.2 Å². The maximum atomic E-state index is 13.3. The zero-order valence-corrected chi connectivity index (χ0v) is 15.2. The molecule has 0 aliphatic carbocycles. The van der Waals surface area contributed by atoms with Crippen molar-refractivity contribution in [3.63, 3.8) is 0 Å². The first-order valence-corrected chi connectivity index (χ1v) is 8.57. The molecule has 1 amide bonds. The molecule has 27 heavy (non-hydrogen) atoms. The second-order valence-corrected chi connectivity index (χ2v) is 6.47. The predicted molar refractivity (Wildman–Crippen MR) is 98.9 cm³/mol. The van der Waals surface area contributed by atoms with E-state index in [0.29, 0.717) is 17.7 Å². The highest BCUT2D eigenvalue weighted by Crippen LogP contribution is 2.19. The van der Waals surface area contributed by atoms with E-state index in [2.05, 4.69) is 20.8 Å². The predicted octanol–water partition coefficient (Wildman–Crippen LogP) is 2.22. The zero-order chi connectivity index (χ0) is 19.2. The van der Waals surface area contributed by atoms with Crippen LogP contribution in [0, 0.1) is 5.82 Å². The molecule has 0 radical (unpaired) electrons. The lowest BCUT2D eigenvalue weighted by atomic mass is 10.0. The fourth-order valence-electron chi connectivity index (χ4n) is 2.72. The average molecular weight is 368 g/mol. The van der Waals surface area contributed by atoms with Crippen molar-refractivity contribution in [2.75, 3.05) is 20.6 Å². The standard InChI is InChI=1S/C19H21FN6O/c1-25(2)11-10-18(14-6-8-16(20)9-7-14)22-19(27)15-4-3-5-17(12-15)26-13-21-23-24-26/h3-9,12-13,18H,10-11H2,1-2H3,(H,22,27). The quantitative estimate of drug-likeness (QED) is 0.692. The van der Waals surface area contributed by atoms with Crippen LogP contribution in [-0.2, 0) is 0 Å². The number of benzene rings is 2. The van der Waals surface area contributed by atoms with Crippen LogP contribution in [0.2, 0.25) is 0 Å². The summed E-state index contributed by atoms with van der Waals surface area (Å²) < 4.78 is 14.7. The van der Waals surface area contributed by atoms with Gasteiger partial charge in [0.2, 0.25) is 0 Å². The summed E-state index contributed by atoms with van der Waals surface area (Å²) in [5.41, 5.74) is 2.06. The Morgan fingerprint density at radius 3 is 2.67 bits per heavy atom. The Bertz CT molecular complexity index is 879. The fraction of sp³-hybridized carbons (Fsp3) is 0.263. The van der Waals surface area contributed by atoms with Gasteiger partial charge in [-0.15, -0.1) is 5.10 Å². The lowest BCUT2D eigenvalue weighted by Crippen LogP contribution is -2.31. The second kappa shape index (κ2) is 8.50. The summed E-state index contributed by atoms with van der Waals surface area (Å²) in [6, 6.07) is 13.0. The van der Waals surface area contributed by atoms with Gasteiger partial charge in [-0.05, 0) is 73.4 Å². The number of aromatic nitrogens is 4. The number of nitrogens with one attached hydrogen (secondary N) is 1. The number of rotatable bonds is 7. The van der Waals surface area contributed by atoms with Gasteiger partial charge in [0.15, 0.2) is 0 Å². The Kier molecular flexibility index (Phi) is 5.87. The molecule has 8 heteroatoms. The number of hydrogen-bond donors (Lipinski definition) is 1. The van der Waals surface area contributed by atoms with Crippen LogP contribution in [0.3, 0.4) is 0 Å². The van der Waals surface area contributed by atoms with Crippen LogP contribution >= 0.6 is 0 Å². The number of amides is 1. The molecule has 2 aromatic carbocycles. The molecule has 0 spiro atoms.